The zero-order valence-corrected chi connectivity index (χ0v) is 13.0. The van der Waals surface area contributed by atoms with Crippen LogP contribution in [-0.2, 0) is 12.8 Å². The van der Waals surface area contributed by atoms with E-state index >= 15 is 0 Å². The predicted molar refractivity (Wildman–Crippen MR) is 90.5 cm³/mol. The second-order valence-electron chi connectivity index (χ2n) is 5.97. The Morgan fingerprint density at radius 1 is 1.35 bits per heavy atom. The molecule has 0 fully saturated rings. The van der Waals surface area contributed by atoms with Gasteiger partial charge in [0.05, 0.1) is 17.6 Å². The van der Waals surface area contributed by atoms with Gasteiger partial charge in [-0.3, -0.25) is 10.00 Å². The molecule has 1 aliphatic carbocycles. The van der Waals surface area contributed by atoms with E-state index in [9.17, 15) is 4.79 Å². The smallest absolute Gasteiger partial charge is 0.319 e. The number of nitrogens with zero attached hydrogens (tertiary/aromatic N) is 2. The monoisotopic (exact) mass is 309 g/mol. The molecule has 2 heterocycles. The molecule has 2 aromatic heterocycles. The standard InChI is InChI=1S/C17H19N5O/c1-2-7-22(17(18)23)11-4-6-14-13(8-11)12-5-3-10-9-19-21-15(10)16(12)20-14/h4,6,8-9,20H,2-3,5,7H2,1H3,(H2,18,23)(H,19,21). The van der Waals surface area contributed by atoms with Crippen LogP contribution in [0.25, 0.3) is 22.3 Å². The first-order chi connectivity index (χ1) is 11.2. The average Bonchev–Trinajstić information content (AvgIpc) is 3.15. The molecule has 118 valence electrons. The number of primary amides is 1. The van der Waals surface area contributed by atoms with Crippen molar-refractivity contribution in [1.82, 2.24) is 15.2 Å². The Hall–Kier alpha value is -2.76. The molecule has 0 atom stereocenters. The molecule has 23 heavy (non-hydrogen) atoms. The lowest BCUT2D eigenvalue weighted by atomic mass is 9.94. The number of nitrogens with one attached hydrogen (secondary N) is 2. The summed E-state index contributed by atoms with van der Waals surface area (Å²) < 4.78 is 0. The van der Waals surface area contributed by atoms with Crippen LogP contribution in [0.15, 0.2) is 24.4 Å². The summed E-state index contributed by atoms with van der Waals surface area (Å²) in [5.74, 6) is 0. The molecular formula is C17H19N5O. The number of nitrogens with two attached hydrogens (primary N) is 1. The van der Waals surface area contributed by atoms with Crippen molar-refractivity contribution in [2.45, 2.75) is 26.2 Å². The van der Waals surface area contributed by atoms with Crippen molar-refractivity contribution in [2.75, 3.05) is 11.4 Å². The van der Waals surface area contributed by atoms with Gasteiger partial charge in [0.15, 0.2) is 0 Å². The highest BCUT2D eigenvalue weighted by Gasteiger charge is 2.23. The number of carbonyl (C=O) groups excluding carboxylic acids is 1. The molecule has 1 aromatic carbocycles. The maximum atomic E-state index is 11.7. The minimum absolute atomic E-state index is 0.411. The number of hydrogen-bond donors (Lipinski definition) is 3. The lowest BCUT2D eigenvalue weighted by Crippen LogP contribution is -2.36. The van der Waals surface area contributed by atoms with Crippen LogP contribution in [0.1, 0.15) is 24.5 Å². The van der Waals surface area contributed by atoms with Crippen LogP contribution in [0.2, 0.25) is 0 Å². The third kappa shape index (κ3) is 2.10. The number of H-pyrrole nitrogens is 2. The normalized spacial score (nSPS) is 12.9. The van der Waals surface area contributed by atoms with Gasteiger partial charge >= 0.3 is 6.03 Å². The Morgan fingerprint density at radius 2 is 2.22 bits per heavy atom. The lowest BCUT2D eigenvalue weighted by Gasteiger charge is -2.20. The van der Waals surface area contributed by atoms with Crippen molar-refractivity contribution in [2.24, 2.45) is 5.73 Å². The number of aromatic amines is 2. The number of aromatic nitrogens is 3. The van der Waals surface area contributed by atoms with Crippen LogP contribution >= 0.6 is 0 Å². The number of carbonyl (C=O) groups is 1. The molecular weight excluding hydrogens is 290 g/mol. The summed E-state index contributed by atoms with van der Waals surface area (Å²) in [5, 5.41) is 8.39. The molecule has 6 heteroatoms. The van der Waals surface area contributed by atoms with Gasteiger partial charge in [0.2, 0.25) is 0 Å². The topological polar surface area (TPSA) is 90.8 Å². The van der Waals surface area contributed by atoms with E-state index in [0.29, 0.717) is 6.54 Å². The first-order valence-corrected chi connectivity index (χ1v) is 7.93. The Labute approximate surface area is 133 Å². The fraction of sp³-hybridized carbons (Fsp3) is 0.294. The zero-order valence-electron chi connectivity index (χ0n) is 13.0. The Balaban J connectivity index is 1.86. The number of fused-ring (bicyclic) bond motifs is 5. The van der Waals surface area contributed by atoms with E-state index in [2.05, 4.69) is 21.2 Å². The lowest BCUT2D eigenvalue weighted by molar-refractivity contribution is 0.254. The quantitative estimate of drug-likeness (QED) is 0.694. The summed E-state index contributed by atoms with van der Waals surface area (Å²) in [6.07, 6.45) is 4.70. The summed E-state index contributed by atoms with van der Waals surface area (Å²) in [6, 6.07) is 5.61. The van der Waals surface area contributed by atoms with Crippen LogP contribution < -0.4 is 10.6 Å². The fourth-order valence-electron chi connectivity index (χ4n) is 3.44. The molecule has 0 bridgehead atoms. The van der Waals surface area contributed by atoms with E-state index < -0.39 is 6.03 Å². The van der Waals surface area contributed by atoms with Crippen molar-refractivity contribution in [1.29, 1.82) is 0 Å². The zero-order chi connectivity index (χ0) is 16.0. The maximum Gasteiger partial charge on any atom is 0.319 e. The molecule has 0 unspecified atom stereocenters. The molecule has 6 nitrogen and oxygen atoms in total. The number of benzene rings is 1. The Kier molecular flexibility index (Phi) is 3.11. The molecule has 2 amide bonds. The molecule has 4 N–H and O–H groups in total. The fourth-order valence-corrected chi connectivity index (χ4v) is 3.44. The van der Waals surface area contributed by atoms with Crippen molar-refractivity contribution < 1.29 is 4.79 Å². The largest absolute Gasteiger partial charge is 0.353 e. The third-order valence-electron chi connectivity index (χ3n) is 4.53. The van der Waals surface area contributed by atoms with Crippen molar-refractivity contribution in [3.8, 4) is 11.4 Å². The van der Waals surface area contributed by atoms with E-state index in [1.165, 1.54) is 11.1 Å². The third-order valence-corrected chi connectivity index (χ3v) is 4.53. The van der Waals surface area contributed by atoms with Gasteiger partial charge in [-0.1, -0.05) is 6.92 Å². The minimum Gasteiger partial charge on any atom is -0.353 e. The highest BCUT2D eigenvalue weighted by molar-refractivity contribution is 5.97. The molecule has 4 rings (SSSR count). The van der Waals surface area contributed by atoms with E-state index in [0.717, 1.165) is 47.2 Å². The van der Waals surface area contributed by atoms with Gasteiger partial charge < -0.3 is 10.7 Å². The van der Waals surface area contributed by atoms with Crippen LogP contribution in [0, 0.1) is 0 Å². The molecule has 0 spiro atoms. The first kappa shape index (κ1) is 13.9. The van der Waals surface area contributed by atoms with E-state index in [1.807, 2.05) is 25.3 Å². The van der Waals surface area contributed by atoms with E-state index in [4.69, 9.17) is 5.73 Å². The van der Waals surface area contributed by atoms with Crippen LogP contribution in [0.4, 0.5) is 10.5 Å². The maximum absolute atomic E-state index is 11.7. The van der Waals surface area contributed by atoms with Gasteiger partial charge in [0, 0.05) is 23.1 Å². The number of amides is 2. The Bertz CT molecular complexity index is 892. The second-order valence-corrected chi connectivity index (χ2v) is 5.97. The summed E-state index contributed by atoms with van der Waals surface area (Å²) in [7, 11) is 0. The SMILES string of the molecule is CCCN(C(N)=O)c1ccc2[nH]c3c(c2c1)CCc1cn[nH]c1-3. The van der Waals surface area contributed by atoms with Crippen molar-refractivity contribution >= 4 is 22.6 Å². The summed E-state index contributed by atoms with van der Waals surface area (Å²) >= 11 is 0. The molecule has 0 aliphatic heterocycles. The first-order valence-electron chi connectivity index (χ1n) is 7.93. The van der Waals surface area contributed by atoms with Gasteiger partial charge in [0.25, 0.3) is 0 Å². The van der Waals surface area contributed by atoms with Gasteiger partial charge in [-0.15, -0.1) is 0 Å². The highest BCUT2D eigenvalue weighted by atomic mass is 16.2. The molecule has 0 radical (unpaired) electrons. The van der Waals surface area contributed by atoms with Crippen LogP contribution in [0.5, 0.6) is 0 Å². The van der Waals surface area contributed by atoms with Crippen LogP contribution in [-0.4, -0.2) is 27.8 Å². The number of urea groups is 1. The number of hydrogen-bond acceptors (Lipinski definition) is 2. The van der Waals surface area contributed by atoms with Gasteiger partial charge in [0.1, 0.15) is 0 Å². The minimum atomic E-state index is -0.411. The summed E-state index contributed by atoms with van der Waals surface area (Å²) in [4.78, 5) is 16.8. The van der Waals surface area contributed by atoms with Crippen molar-refractivity contribution in [3.05, 3.63) is 35.5 Å². The van der Waals surface area contributed by atoms with Gasteiger partial charge in [-0.2, -0.15) is 5.10 Å². The Morgan fingerprint density at radius 3 is 3.00 bits per heavy atom. The van der Waals surface area contributed by atoms with Gasteiger partial charge in [-0.05, 0) is 48.6 Å². The summed E-state index contributed by atoms with van der Waals surface area (Å²) in [5.41, 5.74) is 12.2. The van der Waals surface area contributed by atoms with Crippen LogP contribution in [0.3, 0.4) is 0 Å². The molecule has 3 aromatic rings. The molecule has 0 saturated heterocycles. The second kappa shape index (κ2) is 5.15. The summed E-state index contributed by atoms with van der Waals surface area (Å²) in [6.45, 7) is 2.66. The van der Waals surface area contributed by atoms with Crippen molar-refractivity contribution in [3.63, 3.8) is 0 Å². The molecule has 0 saturated carbocycles. The highest BCUT2D eigenvalue weighted by Crippen LogP contribution is 2.37. The average molecular weight is 309 g/mol. The van der Waals surface area contributed by atoms with Gasteiger partial charge in [-0.25, -0.2) is 4.79 Å². The molecule has 1 aliphatic rings. The van der Waals surface area contributed by atoms with E-state index in [1.54, 1.807) is 4.90 Å². The predicted octanol–water partition coefficient (Wildman–Crippen LogP) is 2.95. The number of aryl methyl sites for hydroxylation is 2. The number of anilines is 1. The van der Waals surface area contributed by atoms with E-state index in [-0.39, 0.29) is 0 Å². The number of rotatable bonds is 3.